The van der Waals surface area contributed by atoms with Gasteiger partial charge in [-0.2, -0.15) is 0 Å². The third-order valence-electron chi connectivity index (χ3n) is 4.71. The number of amides is 2. The topological polar surface area (TPSA) is 82.3 Å². The molecule has 26 heavy (non-hydrogen) atoms. The maximum atomic E-state index is 12.5. The zero-order valence-corrected chi connectivity index (χ0v) is 17.4. The highest BCUT2D eigenvalue weighted by atomic mass is 79.9. The van der Waals surface area contributed by atoms with Crippen LogP contribution in [0.3, 0.4) is 0 Å². The average molecular weight is 425 g/mol. The Morgan fingerprint density at radius 1 is 1.23 bits per heavy atom. The van der Waals surface area contributed by atoms with Crippen molar-refractivity contribution in [2.75, 3.05) is 0 Å². The summed E-state index contributed by atoms with van der Waals surface area (Å²) >= 11 is 3.62. The van der Waals surface area contributed by atoms with E-state index in [1.807, 2.05) is 32.0 Å². The van der Waals surface area contributed by atoms with Gasteiger partial charge >= 0.3 is 0 Å². The molecule has 4 N–H and O–H groups in total. The number of carbonyl (C=O) groups excluding carboxylic acids is 2. The van der Waals surface area contributed by atoms with Crippen LogP contribution < -0.4 is 21.5 Å². The van der Waals surface area contributed by atoms with E-state index in [4.69, 9.17) is 0 Å². The lowest BCUT2D eigenvalue weighted by Crippen LogP contribution is -2.45. The van der Waals surface area contributed by atoms with Crippen LogP contribution in [0, 0.1) is 5.92 Å². The van der Waals surface area contributed by atoms with E-state index < -0.39 is 0 Å². The normalized spacial score (nSPS) is 23.7. The van der Waals surface area contributed by atoms with Gasteiger partial charge in [0.15, 0.2) is 0 Å². The number of carbonyl (C=O) groups is 2. The molecule has 0 aliphatic carbocycles. The highest BCUT2D eigenvalue weighted by molar-refractivity contribution is 9.09. The number of nitrogens with one attached hydrogen (secondary N) is 4. The van der Waals surface area contributed by atoms with Crippen molar-refractivity contribution < 1.29 is 9.59 Å². The van der Waals surface area contributed by atoms with E-state index in [1.54, 1.807) is 6.07 Å². The molecule has 0 radical (unpaired) electrons. The van der Waals surface area contributed by atoms with Crippen molar-refractivity contribution in [2.24, 2.45) is 5.92 Å². The molecule has 2 rings (SSSR count). The summed E-state index contributed by atoms with van der Waals surface area (Å²) in [5.74, 6) is 0.247. The summed E-state index contributed by atoms with van der Waals surface area (Å²) in [5.41, 5.74) is 7.73. The molecule has 1 heterocycles. The minimum atomic E-state index is -0.334. The molecule has 1 aromatic carbocycles. The van der Waals surface area contributed by atoms with Gasteiger partial charge in [0.25, 0.3) is 5.91 Å². The predicted molar refractivity (Wildman–Crippen MR) is 107 cm³/mol. The minimum absolute atomic E-state index is 0.0233. The van der Waals surface area contributed by atoms with E-state index >= 15 is 0 Å². The van der Waals surface area contributed by atoms with Crippen molar-refractivity contribution in [3.05, 3.63) is 35.4 Å². The zero-order chi connectivity index (χ0) is 19.3. The van der Waals surface area contributed by atoms with Gasteiger partial charge in [-0.3, -0.25) is 15.0 Å². The van der Waals surface area contributed by atoms with Crippen molar-refractivity contribution in [3.8, 4) is 0 Å². The smallest absolute Gasteiger partial charge is 0.251 e. The summed E-state index contributed by atoms with van der Waals surface area (Å²) in [7, 11) is 0. The molecule has 1 aliphatic rings. The van der Waals surface area contributed by atoms with Crippen molar-refractivity contribution in [1.82, 2.24) is 21.5 Å². The molecule has 0 saturated carbocycles. The van der Waals surface area contributed by atoms with Crippen molar-refractivity contribution in [2.45, 2.75) is 63.6 Å². The summed E-state index contributed by atoms with van der Waals surface area (Å²) in [6.07, 6.45) is 0.884. The Balaban J connectivity index is 1.92. The summed E-state index contributed by atoms with van der Waals surface area (Å²) < 4.78 is 0. The second-order valence-electron chi connectivity index (χ2n) is 7.18. The highest BCUT2D eigenvalue weighted by Crippen LogP contribution is 2.21. The van der Waals surface area contributed by atoms with Crippen LogP contribution in [0.5, 0.6) is 0 Å². The van der Waals surface area contributed by atoms with E-state index in [0.717, 1.165) is 12.0 Å². The van der Waals surface area contributed by atoms with Gasteiger partial charge in [0.2, 0.25) is 5.91 Å². The average Bonchev–Trinajstić information content (AvgIpc) is 3.01. The second-order valence-corrected chi connectivity index (χ2v) is 8.24. The van der Waals surface area contributed by atoms with Crippen LogP contribution in [0.25, 0.3) is 0 Å². The van der Waals surface area contributed by atoms with Crippen LogP contribution in [0.4, 0.5) is 0 Å². The first-order valence-electron chi connectivity index (χ1n) is 9.16. The molecule has 1 saturated heterocycles. The summed E-state index contributed by atoms with van der Waals surface area (Å²) in [6, 6.07) is 7.34. The quantitative estimate of drug-likeness (QED) is 0.505. The lowest BCUT2D eigenvalue weighted by atomic mass is 9.99. The van der Waals surface area contributed by atoms with E-state index in [1.165, 1.54) is 0 Å². The molecule has 0 bridgehead atoms. The summed E-state index contributed by atoms with van der Waals surface area (Å²) in [4.78, 5) is 24.7. The fraction of sp³-hybridized carbons (Fsp3) is 0.579. The molecule has 1 aromatic rings. The van der Waals surface area contributed by atoms with Gasteiger partial charge in [0, 0.05) is 24.2 Å². The van der Waals surface area contributed by atoms with Crippen LogP contribution >= 0.6 is 15.9 Å². The highest BCUT2D eigenvalue weighted by Gasteiger charge is 2.39. The molecular formula is C19H29BrN4O2. The lowest BCUT2D eigenvalue weighted by Gasteiger charge is -2.19. The van der Waals surface area contributed by atoms with Gasteiger partial charge in [-0.05, 0) is 37.0 Å². The number of alkyl halides is 1. The first-order chi connectivity index (χ1) is 12.3. The summed E-state index contributed by atoms with van der Waals surface area (Å²) in [5, 5.41) is 5.90. The Morgan fingerprint density at radius 3 is 2.58 bits per heavy atom. The van der Waals surface area contributed by atoms with E-state index in [0.29, 0.717) is 18.0 Å². The molecular weight excluding hydrogens is 396 g/mol. The molecule has 4 atom stereocenters. The first-order valence-corrected chi connectivity index (χ1v) is 10.1. The van der Waals surface area contributed by atoms with Gasteiger partial charge < -0.3 is 10.6 Å². The number of benzene rings is 1. The van der Waals surface area contributed by atoms with Crippen LogP contribution in [-0.4, -0.2) is 34.8 Å². The fourth-order valence-electron chi connectivity index (χ4n) is 2.83. The second kappa shape index (κ2) is 9.48. The maximum absolute atomic E-state index is 12.5. The Hall–Kier alpha value is -1.44. The molecule has 144 valence electrons. The SMILES string of the molecule is CCC(C)NC(=O)c1cccc(CNC(=O)C2NNC(C(C)C)C2Br)c1. The van der Waals surface area contributed by atoms with E-state index in [2.05, 4.69) is 51.3 Å². The number of hydrazine groups is 1. The van der Waals surface area contributed by atoms with Crippen molar-refractivity contribution in [1.29, 1.82) is 0 Å². The number of halogens is 1. The zero-order valence-electron chi connectivity index (χ0n) is 15.8. The van der Waals surface area contributed by atoms with Crippen LogP contribution in [0.1, 0.15) is 50.0 Å². The molecule has 6 nitrogen and oxygen atoms in total. The molecule has 2 amide bonds. The number of hydrogen-bond acceptors (Lipinski definition) is 4. The molecule has 4 unspecified atom stereocenters. The minimum Gasteiger partial charge on any atom is -0.351 e. The predicted octanol–water partition coefficient (Wildman–Crippen LogP) is 2.10. The molecule has 0 aromatic heterocycles. The van der Waals surface area contributed by atoms with Gasteiger partial charge in [-0.15, -0.1) is 0 Å². The molecule has 1 fully saturated rings. The Labute approximate surface area is 164 Å². The standard InChI is InChI=1S/C19H29BrN4O2/c1-5-12(4)22-18(25)14-8-6-7-13(9-14)10-21-19(26)17-15(20)16(11(2)3)23-24-17/h6-9,11-12,15-17,23-24H,5,10H2,1-4H3,(H,21,26)(H,22,25). The third-order valence-corrected chi connectivity index (χ3v) is 5.81. The third kappa shape index (κ3) is 5.28. The monoisotopic (exact) mass is 424 g/mol. The van der Waals surface area contributed by atoms with Gasteiger partial charge in [0.1, 0.15) is 6.04 Å². The van der Waals surface area contributed by atoms with Crippen LogP contribution in [-0.2, 0) is 11.3 Å². The lowest BCUT2D eigenvalue weighted by molar-refractivity contribution is -0.122. The Morgan fingerprint density at radius 2 is 1.96 bits per heavy atom. The Kier molecular flexibility index (Phi) is 7.61. The summed E-state index contributed by atoms with van der Waals surface area (Å²) in [6.45, 7) is 8.62. The number of hydrogen-bond donors (Lipinski definition) is 4. The van der Waals surface area contributed by atoms with Crippen LogP contribution in [0.15, 0.2) is 24.3 Å². The fourth-order valence-corrected chi connectivity index (χ4v) is 3.94. The van der Waals surface area contributed by atoms with Crippen LogP contribution in [0.2, 0.25) is 0 Å². The maximum Gasteiger partial charge on any atom is 0.251 e. The van der Waals surface area contributed by atoms with E-state index in [-0.39, 0.29) is 34.8 Å². The molecule has 0 spiro atoms. The Bertz CT molecular complexity index is 638. The van der Waals surface area contributed by atoms with Gasteiger partial charge in [0.05, 0.1) is 4.83 Å². The van der Waals surface area contributed by atoms with Crippen molar-refractivity contribution in [3.63, 3.8) is 0 Å². The first kappa shape index (κ1) is 20.9. The van der Waals surface area contributed by atoms with Gasteiger partial charge in [-0.25, -0.2) is 5.43 Å². The van der Waals surface area contributed by atoms with Crippen molar-refractivity contribution >= 4 is 27.7 Å². The van der Waals surface area contributed by atoms with Gasteiger partial charge in [-0.1, -0.05) is 48.8 Å². The molecule has 1 aliphatic heterocycles. The molecule has 7 heteroatoms. The largest absolute Gasteiger partial charge is 0.351 e. The van der Waals surface area contributed by atoms with E-state index in [9.17, 15) is 9.59 Å². The number of rotatable bonds is 7.